The summed E-state index contributed by atoms with van der Waals surface area (Å²) in [5.41, 5.74) is 4.22. The summed E-state index contributed by atoms with van der Waals surface area (Å²) in [7, 11) is 0. The molecule has 30 heavy (non-hydrogen) atoms. The van der Waals surface area contributed by atoms with Crippen LogP contribution in [0.2, 0.25) is 0 Å². The van der Waals surface area contributed by atoms with E-state index < -0.39 is 0 Å². The van der Waals surface area contributed by atoms with Crippen molar-refractivity contribution in [3.8, 4) is 11.1 Å². The Kier molecular flexibility index (Phi) is 6.33. The van der Waals surface area contributed by atoms with Gasteiger partial charge < -0.3 is 5.32 Å². The van der Waals surface area contributed by atoms with E-state index in [2.05, 4.69) is 40.1 Å². The molecule has 0 aliphatic carbocycles. The molecule has 3 heterocycles. The van der Waals surface area contributed by atoms with E-state index in [0.717, 1.165) is 54.9 Å². The summed E-state index contributed by atoms with van der Waals surface area (Å²) >= 11 is 0. The van der Waals surface area contributed by atoms with E-state index >= 15 is 0 Å². The number of hydrogen-bond donors (Lipinski definition) is 1. The Morgan fingerprint density at radius 2 is 1.97 bits per heavy atom. The van der Waals surface area contributed by atoms with Crippen LogP contribution in [0.1, 0.15) is 43.9 Å². The van der Waals surface area contributed by atoms with Crippen molar-refractivity contribution >= 4 is 5.95 Å². The molecule has 0 amide bonds. The maximum absolute atomic E-state index is 13.5. The molecular formula is C24H28FN5. The minimum atomic E-state index is -0.172. The highest BCUT2D eigenvalue weighted by Crippen LogP contribution is 2.34. The third-order valence-electron chi connectivity index (χ3n) is 5.48. The molecule has 0 spiro atoms. The van der Waals surface area contributed by atoms with Gasteiger partial charge in [0.1, 0.15) is 5.82 Å². The number of halogens is 1. The molecule has 0 unspecified atom stereocenters. The molecule has 0 saturated carbocycles. The monoisotopic (exact) mass is 405 g/mol. The first-order valence-electron chi connectivity index (χ1n) is 10.6. The number of benzene rings is 1. The van der Waals surface area contributed by atoms with Crippen LogP contribution in [-0.2, 0) is 6.54 Å². The van der Waals surface area contributed by atoms with Gasteiger partial charge in [-0.15, -0.1) is 0 Å². The predicted octanol–water partition coefficient (Wildman–Crippen LogP) is 4.88. The first-order chi connectivity index (χ1) is 14.6. The zero-order chi connectivity index (χ0) is 20.9. The number of likely N-dealkylation sites (tertiary alicyclic amines) is 1. The van der Waals surface area contributed by atoms with Crippen molar-refractivity contribution in [1.29, 1.82) is 0 Å². The second kappa shape index (κ2) is 9.30. The number of aromatic nitrogens is 3. The van der Waals surface area contributed by atoms with E-state index in [4.69, 9.17) is 4.98 Å². The number of anilines is 1. The summed E-state index contributed by atoms with van der Waals surface area (Å²) < 4.78 is 13.5. The van der Waals surface area contributed by atoms with Gasteiger partial charge in [0.2, 0.25) is 5.95 Å². The summed E-state index contributed by atoms with van der Waals surface area (Å²) in [6.45, 7) is 6.88. The third kappa shape index (κ3) is 5.00. The molecule has 2 aromatic heterocycles. The molecule has 156 valence electrons. The van der Waals surface area contributed by atoms with Crippen molar-refractivity contribution in [2.75, 3.05) is 18.4 Å². The molecule has 0 radical (unpaired) electrons. The highest BCUT2D eigenvalue weighted by atomic mass is 19.1. The largest absolute Gasteiger partial charge is 0.352 e. The van der Waals surface area contributed by atoms with Crippen LogP contribution in [0.4, 0.5) is 10.3 Å². The number of hydrogen-bond acceptors (Lipinski definition) is 5. The van der Waals surface area contributed by atoms with E-state index in [9.17, 15) is 4.39 Å². The summed E-state index contributed by atoms with van der Waals surface area (Å²) in [5, 5.41) is 3.33. The lowest BCUT2D eigenvalue weighted by molar-refractivity contribution is 0.203. The normalized spacial score (nSPS) is 15.5. The first-order valence-corrected chi connectivity index (χ1v) is 10.6. The zero-order valence-electron chi connectivity index (χ0n) is 17.6. The van der Waals surface area contributed by atoms with Gasteiger partial charge in [-0.2, -0.15) is 0 Å². The lowest BCUT2D eigenvalue weighted by atomic mass is 9.89. The molecule has 0 atom stereocenters. The summed E-state index contributed by atoms with van der Waals surface area (Å²) in [5.74, 6) is 0.865. The van der Waals surface area contributed by atoms with E-state index in [1.807, 2.05) is 24.5 Å². The minimum absolute atomic E-state index is 0.172. The van der Waals surface area contributed by atoms with Crippen LogP contribution in [0, 0.1) is 5.82 Å². The van der Waals surface area contributed by atoms with Crippen LogP contribution in [0.3, 0.4) is 0 Å². The fraction of sp³-hybridized carbons (Fsp3) is 0.375. The molecule has 1 aromatic carbocycles. The van der Waals surface area contributed by atoms with E-state index in [1.54, 1.807) is 18.3 Å². The highest BCUT2D eigenvalue weighted by molar-refractivity contribution is 5.65. The SMILES string of the molecule is CC(C)Nc1ncc(-c2cccnc2)c(C2CCN(Cc3cccc(F)c3)CC2)n1. The molecule has 0 bridgehead atoms. The van der Waals surface area contributed by atoms with Crippen molar-refractivity contribution in [3.63, 3.8) is 0 Å². The first kappa shape index (κ1) is 20.4. The van der Waals surface area contributed by atoms with E-state index in [1.165, 1.54) is 6.07 Å². The van der Waals surface area contributed by atoms with Crippen LogP contribution in [0.25, 0.3) is 11.1 Å². The predicted molar refractivity (Wildman–Crippen MR) is 118 cm³/mol. The lowest BCUT2D eigenvalue weighted by Gasteiger charge is -2.32. The topological polar surface area (TPSA) is 53.9 Å². The molecule has 1 fully saturated rings. The number of nitrogens with one attached hydrogen (secondary N) is 1. The number of rotatable bonds is 6. The quantitative estimate of drug-likeness (QED) is 0.634. The highest BCUT2D eigenvalue weighted by Gasteiger charge is 2.25. The van der Waals surface area contributed by atoms with E-state index in [-0.39, 0.29) is 11.9 Å². The van der Waals surface area contributed by atoms with Gasteiger partial charge in [0.25, 0.3) is 0 Å². The van der Waals surface area contributed by atoms with Crippen molar-refractivity contribution in [1.82, 2.24) is 19.9 Å². The Bertz CT molecular complexity index is 968. The molecule has 4 rings (SSSR count). The Labute approximate surface area is 177 Å². The molecule has 6 heteroatoms. The van der Waals surface area contributed by atoms with Crippen LogP contribution in [0.5, 0.6) is 0 Å². The molecule has 3 aromatic rings. The van der Waals surface area contributed by atoms with Crippen LogP contribution in [-0.4, -0.2) is 39.0 Å². The van der Waals surface area contributed by atoms with Crippen molar-refractivity contribution in [2.45, 2.75) is 45.2 Å². The maximum atomic E-state index is 13.5. The molecule has 1 aliphatic heterocycles. The number of nitrogens with zero attached hydrogens (tertiary/aromatic N) is 4. The molecule has 1 N–H and O–H groups in total. The molecule has 1 aliphatic rings. The summed E-state index contributed by atoms with van der Waals surface area (Å²) in [4.78, 5) is 16.1. The number of pyridine rings is 1. The second-order valence-electron chi connectivity index (χ2n) is 8.21. The van der Waals surface area contributed by atoms with Crippen molar-refractivity contribution < 1.29 is 4.39 Å². The molecule has 1 saturated heterocycles. The van der Waals surface area contributed by atoms with Gasteiger partial charge in [-0.1, -0.05) is 18.2 Å². The van der Waals surface area contributed by atoms with Crippen molar-refractivity contribution in [2.24, 2.45) is 0 Å². The van der Waals surface area contributed by atoms with Crippen molar-refractivity contribution in [3.05, 3.63) is 72.1 Å². The average Bonchev–Trinajstić information content (AvgIpc) is 2.74. The summed E-state index contributed by atoms with van der Waals surface area (Å²) in [6.07, 6.45) is 7.60. The van der Waals surface area contributed by atoms with Crippen LogP contribution in [0.15, 0.2) is 55.0 Å². The van der Waals surface area contributed by atoms with Gasteiger partial charge in [-0.25, -0.2) is 14.4 Å². The Morgan fingerprint density at radius 1 is 1.13 bits per heavy atom. The summed E-state index contributed by atoms with van der Waals surface area (Å²) in [6, 6.07) is 11.2. The second-order valence-corrected chi connectivity index (χ2v) is 8.21. The Morgan fingerprint density at radius 3 is 2.67 bits per heavy atom. The maximum Gasteiger partial charge on any atom is 0.223 e. The zero-order valence-corrected chi connectivity index (χ0v) is 17.6. The van der Waals surface area contributed by atoms with Gasteiger partial charge in [0.05, 0.1) is 5.69 Å². The molecular weight excluding hydrogens is 377 g/mol. The Balaban J connectivity index is 1.52. The standard InChI is InChI=1S/C24H28FN5/c1-17(2)28-24-27-15-22(20-6-4-10-26-14-20)23(29-24)19-8-11-30(12-9-19)16-18-5-3-7-21(25)13-18/h3-7,10,13-15,17,19H,8-9,11-12,16H2,1-2H3,(H,27,28,29). The fourth-order valence-electron chi connectivity index (χ4n) is 4.04. The van der Waals surface area contributed by atoms with Crippen LogP contribution >= 0.6 is 0 Å². The Hall–Kier alpha value is -2.86. The van der Waals surface area contributed by atoms with Gasteiger partial charge in [-0.3, -0.25) is 9.88 Å². The fourth-order valence-corrected chi connectivity index (χ4v) is 4.04. The minimum Gasteiger partial charge on any atom is -0.352 e. The smallest absolute Gasteiger partial charge is 0.223 e. The van der Waals surface area contributed by atoms with E-state index in [0.29, 0.717) is 11.9 Å². The van der Waals surface area contributed by atoms with Crippen LogP contribution < -0.4 is 5.32 Å². The molecule has 5 nitrogen and oxygen atoms in total. The average molecular weight is 406 g/mol. The van der Waals surface area contributed by atoms with Gasteiger partial charge in [0, 0.05) is 48.2 Å². The van der Waals surface area contributed by atoms with Gasteiger partial charge >= 0.3 is 0 Å². The third-order valence-corrected chi connectivity index (χ3v) is 5.48. The lowest BCUT2D eigenvalue weighted by Crippen LogP contribution is -2.33. The van der Waals surface area contributed by atoms with Gasteiger partial charge in [0.15, 0.2) is 0 Å². The van der Waals surface area contributed by atoms with Gasteiger partial charge in [-0.05, 0) is 63.5 Å². The number of piperidine rings is 1.